The average molecular weight is 1000 g/mol. The fourth-order valence-corrected chi connectivity index (χ4v) is 12.6. The number of benzene rings is 2. The third-order valence-corrected chi connectivity index (χ3v) is 16.3. The van der Waals surface area contributed by atoms with Gasteiger partial charge in [0.2, 0.25) is 0 Å². The monoisotopic (exact) mass is 1000 g/mol. The number of hydrogen-bond donors (Lipinski definition) is 0. The van der Waals surface area contributed by atoms with Crippen molar-refractivity contribution in [2.45, 2.75) is 221 Å². The molecule has 372 valence electrons. The fourth-order valence-electron chi connectivity index (χ4n) is 11.9. The molecule has 2 spiro atoms. The summed E-state index contributed by atoms with van der Waals surface area (Å²) in [5.74, 6) is -0.922. The van der Waals surface area contributed by atoms with Gasteiger partial charge in [-0.3, -0.25) is 28.8 Å². The van der Waals surface area contributed by atoms with E-state index in [-0.39, 0.29) is 57.7 Å². The first-order valence-corrected chi connectivity index (χ1v) is 25.9. The van der Waals surface area contributed by atoms with Crippen molar-refractivity contribution < 1.29 is 47.5 Å². The standard InChI is InChI=1S/C31H45BO6.C25H33BrO4/c1-19-14-22(32-37-29(6,7)30(8,9)38-32)15-20(2)26(19)27-23(33)17-31(18-24(27)34)12-10-21(11-13-31)16-25(35)36-28(3,4)5;1-15-10-18(26)11-16(2)22(15)23-19(27)13-25(14-20(23)28)8-6-17(7-9-25)12-21(29)30-24(3,4)5/h14-15,21,27H,10-13,16-18H2,1-9H3;10-11,17,23H,6-9,12-14H2,1-5H3. The summed E-state index contributed by atoms with van der Waals surface area (Å²) in [5, 5.41) is 0. The summed E-state index contributed by atoms with van der Waals surface area (Å²) in [4.78, 5) is 77.9. The quantitative estimate of drug-likeness (QED) is 0.150. The lowest BCUT2D eigenvalue weighted by Crippen LogP contribution is -2.42. The Kier molecular flexibility index (Phi) is 15.8. The third kappa shape index (κ3) is 12.5. The van der Waals surface area contributed by atoms with Gasteiger partial charge in [0, 0.05) is 43.0 Å². The summed E-state index contributed by atoms with van der Waals surface area (Å²) in [6.45, 7) is 27.3. The highest BCUT2D eigenvalue weighted by molar-refractivity contribution is 9.10. The number of esters is 2. The number of hydrogen-bond acceptors (Lipinski definition) is 10. The first-order valence-electron chi connectivity index (χ1n) is 25.1. The molecule has 2 aromatic carbocycles. The highest BCUT2D eigenvalue weighted by atomic mass is 79.9. The molecule has 0 bridgehead atoms. The van der Waals surface area contributed by atoms with Gasteiger partial charge in [0.15, 0.2) is 0 Å². The molecule has 2 aromatic rings. The van der Waals surface area contributed by atoms with Crippen LogP contribution < -0.4 is 5.46 Å². The molecule has 12 heteroatoms. The van der Waals surface area contributed by atoms with E-state index in [4.69, 9.17) is 18.8 Å². The Bertz CT molecular complexity index is 2190. The van der Waals surface area contributed by atoms with Crippen LogP contribution in [0.15, 0.2) is 28.7 Å². The Morgan fingerprint density at radius 2 is 0.868 bits per heavy atom. The zero-order valence-corrected chi connectivity index (χ0v) is 45.1. The molecule has 4 saturated carbocycles. The van der Waals surface area contributed by atoms with E-state index in [2.05, 4.69) is 15.9 Å². The third-order valence-electron chi connectivity index (χ3n) is 15.8. The van der Waals surface area contributed by atoms with E-state index in [1.54, 1.807) is 0 Å². The van der Waals surface area contributed by atoms with Crippen molar-refractivity contribution in [2.24, 2.45) is 22.7 Å². The van der Waals surface area contributed by atoms with Crippen LogP contribution in [0.1, 0.15) is 204 Å². The van der Waals surface area contributed by atoms with Crippen LogP contribution in [0.3, 0.4) is 0 Å². The molecule has 5 fully saturated rings. The Morgan fingerprint density at radius 3 is 1.16 bits per heavy atom. The van der Waals surface area contributed by atoms with Crippen molar-refractivity contribution >= 4 is 63.6 Å². The van der Waals surface area contributed by atoms with Crippen LogP contribution >= 0.6 is 15.9 Å². The number of carbonyl (C=O) groups excluding carboxylic acids is 6. The maximum Gasteiger partial charge on any atom is 0.494 e. The molecule has 7 rings (SSSR count). The average Bonchev–Trinajstić information content (AvgIpc) is 3.39. The maximum absolute atomic E-state index is 13.6. The van der Waals surface area contributed by atoms with E-state index in [1.807, 2.05) is 121 Å². The molecule has 0 N–H and O–H groups in total. The minimum atomic E-state index is -0.701. The van der Waals surface area contributed by atoms with E-state index < -0.39 is 41.4 Å². The van der Waals surface area contributed by atoms with Crippen LogP contribution in [0.5, 0.6) is 0 Å². The second-order valence-electron chi connectivity index (χ2n) is 24.5. The van der Waals surface area contributed by atoms with Crippen molar-refractivity contribution in [3.05, 3.63) is 62.1 Å². The van der Waals surface area contributed by atoms with Gasteiger partial charge in [0.05, 0.1) is 11.2 Å². The number of Topliss-reactive ketones (excluding diaryl/α,β-unsaturated/α-hetero) is 4. The molecule has 5 aliphatic rings. The van der Waals surface area contributed by atoms with Crippen LogP contribution in [-0.2, 0) is 47.5 Å². The highest BCUT2D eigenvalue weighted by Gasteiger charge is 2.53. The maximum atomic E-state index is 13.6. The Hall–Kier alpha value is -3.48. The summed E-state index contributed by atoms with van der Waals surface area (Å²) in [6, 6.07) is 7.98. The van der Waals surface area contributed by atoms with Crippen LogP contribution in [-0.4, -0.2) is 64.6 Å². The van der Waals surface area contributed by atoms with E-state index in [0.29, 0.717) is 38.5 Å². The van der Waals surface area contributed by atoms with E-state index >= 15 is 0 Å². The van der Waals surface area contributed by atoms with Crippen molar-refractivity contribution in [3.8, 4) is 0 Å². The van der Waals surface area contributed by atoms with Gasteiger partial charge in [-0.05, 0) is 222 Å². The largest absolute Gasteiger partial charge is 0.494 e. The molecule has 0 amide bonds. The van der Waals surface area contributed by atoms with Crippen LogP contribution in [0.25, 0.3) is 0 Å². The Labute approximate surface area is 415 Å². The number of ketones is 4. The van der Waals surface area contributed by atoms with Gasteiger partial charge < -0.3 is 18.8 Å². The summed E-state index contributed by atoms with van der Waals surface area (Å²) in [5.41, 5.74) is 4.19. The highest BCUT2D eigenvalue weighted by Crippen LogP contribution is 2.52. The molecule has 10 nitrogen and oxygen atoms in total. The first-order chi connectivity index (χ1) is 31.3. The van der Waals surface area contributed by atoms with Crippen molar-refractivity contribution in [3.63, 3.8) is 0 Å². The Morgan fingerprint density at radius 1 is 0.574 bits per heavy atom. The minimum absolute atomic E-state index is 0.0291. The summed E-state index contributed by atoms with van der Waals surface area (Å²) < 4.78 is 24.4. The summed E-state index contributed by atoms with van der Waals surface area (Å²) >= 11 is 3.49. The van der Waals surface area contributed by atoms with Crippen LogP contribution in [0.4, 0.5) is 0 Å². The van der Waals surface area contributed by atoms with E-state index in [9.17, 15) is 28.8 Å². The summed E-state index contributed by atoms with van der Waals surface area (Å²) in [7, 11) is -0.483. The molecule has 4 aliphatic carbocycles. The predicted molar refractivity (Wildman–Crippen MR) is 269 cm³/mol. The molecule has 0 unspecified atom stereocenters. The SMILES string of the molecule is Cc1cc(B2OC(C)(C)C(C)(C)O2)cc(C)c1C1C(=O)CC2(CCC(CC(=O)OC(C)(C)C)CC2)CC1=O.Cc1cc(Br)cc(C)c1C1C(=O)CC2(CCC(CC(=O)OC(C)(C)C)CC2)CC1=O. The number of rotatable bonds is 7. The number of ether oxygens (including phenoxy) is 2. The smallest absolute Gasteiger partial charge is 0.460 e. The number of carbonyl (C=O) groups is 6. The van der Waals surface area contributed by atoms with Gasteiger partial charge in [-0.15, -0.1) is 0 Å². The van der Waals surface area contributed by atoms with Gasteiger partial charge in [0.25, 0.3) is 0 Å². The van der Waals surface area contributed by atoms with Gasteiger partial charge in [-0.25, -0.2) is 0 Å². The van der Waals surface area contributed by atoms with Gasteiger partial charge >= 0.3 is 19.1 Å². The lowest BCUT2D eigenvalue weighted by atomic mass is 9.59. The lowest BCUT2D eigenvalue weighted by molar-refractivity contribution is -0.157. The minimum Gasteiger partial charge on any atom is -0.460 e. The van der Waals surface area contributed by atoms with Gasteiger partial charge in [-0.2, -0.15) is 0 Å². The Balaban J connectivity index is 0.000000230. The second-order valence-corrected chi connectivity index (χ2v) is 25.4. The topological polar surface area (TPSA) is 139 Å². The summed E-state index contributed by atoms with van der Waals surface area (Å²) in [6.07, 6.45) is 9.38. The second kappa shape index (κ2) is 20.0. The molecular formula is C56H78BBrO10. The predicted octanol–water partition coefficient (Wildman–Crippen LogP) is 11.5. The normalized spacial score (nSPS) is 28.4. The molecule has 1 saturated heterocycles. The fraction of sp³-hybridized carbons (Fsp3) is 0.679. The lowest BCUT2D eigenvalue weighted by Gasteiger charge is -2.43. The molecule has 68 heavy (non-hydrogen) atoms. The van der Waals surface area contributed by atoms with Crippen LogP contribution in [0.2, 0.25) is 0 Å². The van der Waals surface area contributed by atoms with E-state index in [0.717, 1.165) is 94.7 Å². The van der Waals surface area contributed by atoms with Crippen molar-refractivity contribution in [1.29, 1.82) is 0 Å². The van der Waals surface area contributed by atoms with Gasteiger partial charge in [0.1, 0.15) is 46.2 Å². The molecule has 1 heterocycles. The van der Waals surface area contributed by atoms with E-state index in [1.165, 1.54) is 0 Å². The number of halogens is 1. The zero-order valence-electron chi connectivity index (χ0n) is 43.6. The van der Waals surface area contributed by atoms with Crippen molar-refractivity contribution in [2.75, 3.05) is 0 Å². The number of aryl methyl sites for hydroxylation is 4. The zero-order chi connectivity index (χ0) is 50.5. The molecular weight excluding hydrogens is 923 g/mol. The molecule has 1 aliphatic heterocycles. The molecule has 0 atom stereocenters. The molecule has 0 aromatic heterocycles. The molecule has 0 radical (unpaired) electrons. The van der Waals surface area contributed by atoms with Crippen molar-refractivity contribution in [1.82, 2.24) is 0 Å². The van der Waals surface area contributed by atoms with Crippen LogP contribution in [0, 0.1) is 50.4 Å². The van der Waals surface area contributed by atoms with Gasteiger partial charge in [-0.1, -0.05) is 28.1 Å². The first kappa shape index (κ1) is 53.9.